The van der Waals surface area contributed by atoms with Crippen molar-refractivity contribution in [1.29, 1.82) is 0 Å². The summed E-state index contributed by atoms with van der Waals surface area (Å²) in [6.45, 7) is 3.80. The van der Waals surface area contributed by atoms with E-state index in [0.29, 0.717) is 23.7 Å². The molecule has 9 heteroatoms. The minimum absolute atomic E-state index is 0.0798. The average molecular weight is 509 g/mol. The van der Waals surface area contributed by atoms with E-state index < -0.39 is 15.4 Å². The van der Waals surface area contributed by atoms with Crippen molar-refractivity contribution in [3.8, 4) is 5.75 Å². The number of rotatable bonds is 10. The summed E-state index contributed by atoms with van der Waals surface area (Å²) in [7, 11) is -3.75. The Morgan fingerprint density at radius 2 is 1.50 bits per heavy atom. The van der Waals surface area contributed by atoms with Crippen molar-refractivity contribution in [3.05, 3.63) is 83.9 Å². The van der Waals surface area contributed by atoms with Crippen LogP contribution in [0.1, 0.15) is 30.9 Å². The molecule has 4 rings (SSSR count). The molecule has 8 nitrogen and oxygen atoms in total. The molecule has 3 aromatic carbocycles. The number of sulfonamides is 1. The fraction of sp³-hybridized carbons (Fsp3) is 0.259. The van der Waals surface area contributed by atoms with Gasteiger partial charge in [-0.05, 0) is 80.8 Å². The molecule has 1 amide bonds. The number of carbonyl (C=O) groups is 2. The van der Waals surface area contributed by atoms with E-state index in [4.69, 9.17) is 9.47 Å². The molecule has 1 saturated carbocycles. The fourth-order valence-corrected chi connectivity index (χ4v) is 4.83. The summed E-state index contributed by atoms with van der Waals surface area (Å²) < 4.78 is 38.4. The van der Waals surface area contributed by atoms with Gasteiger partial charge in [0.15, 0.2) is 6.61 Å². The highest BCUT2D eigenvalue weighted by Crippen LogP contribution is 2.49. The van der Waals surface area contributed by atoms with Gasteiger partial charge in [0.05, 0.1) is 16.9 Å². The third-order valence-electron chi connectivity index (χ3n) is 5.95. The molecule has 0 atom stereocenters. The zero-order valence-corrected chi connectivity index (χ0v) is 20.9. The zero-order chi connectivity index (χ0) is 25.8. The summed E-state index contributed by atoms with van der Waals surface area (Å²) in [5.41, 5.74) is 2.40. The lowest BCUT2D eigenvalue weighted by molar-refractivity contribution is -0.146. The van der Waals surface area contributed by atoms with Crippen LogP contribution in [0.15, 0.2) is 77.7 Å². The first kappa shape index (κ1) is 25.2. The molecule has 0 heterocycles. The van der Waals surface area contributed by atoms with Gasteiger partial charge in [-0.3, -0.25) is 14.3 Å². The number of amides is 1. The highest BCUT2D eigenvalue weighted by atomic mass is 32.2. The van der Waals surface area contributed by atoms with E-state index in [-0.39, 0.29) is 23.4 Å². The second-order valence-electron chi connectivity index (χ2n) is 8.66. The predicted molar refractivity (Wildman–Crippen MR) is 137 cm³/mol. The van der Waals surface area contributed by atoms with Gasteiger partial charge in [0.1, 0.15) is 5.75 Å². The summed E-state index contributed by atoms with van der Waals surface area (Å²) in [5, 5.41) is 2.75. The molecule has 0 aliphatic heterocycles. The largest absolute Gasteiger partial charge is 0.484 e. The van der Waals surface area contributed by atoms with Crippen LogP contribution in [0.5, 0.6) is 5.75 Å². The maximum atomic E-state index is 12.6. The lowest BCUT2D eigenvalue weighted by Gasteiger charge is -2.15. The molecule has 0 radical (unpaired) electrons. The predicted octanol–water partition coefficient (Wildman–Crippen LogP) is 4.41. The highest BCUT2D eigenvalue weighted by Gasteiger charge is 2.52. The summed E-state index contributed by atoms with van der Waals surface area (Å²) in [5.74, 6) is -0.216. The summed E-state index contributed by atoms with van der Waals surface area (Å²) in [4.78, 5) is 24.6. The number of hydrogen-bond acceptors (Lipinski definition) is 6. The van der Waals surface area contributed by atoms with Crippen molar-refractivity contribution in [2.45, 2.75) is 37.0 Å². The van der Waals surface area contributed by atoms with E-state index in [9.17, 15) is 18.0 Å². The molecule has 3 aromatic rings. The van der Waals surface area contributed by atoms with Gasteiger partial charge in [0.2, 0.25) is 0 Å². The van der Waals surface area contributed by atoms with Crippen LogP contribution in [0, 0.1) is 6.92 Å². The van der Waals surface area contributed by atoms with Gasteiger partial charge in [-0.25, -0.2) is 8.42 Å². The number of nitrogens with one attached hydrogen (secondary N) is 2. The molecule has 0 spiro atoms. The maximum Gasteiger partial charge on any atom is 0.316 e. The Bertz CT molecular complexity index is 1330. The summed E-state index contributed by atoms with van der Waals surface area (Å²) in [6, 6.07) is 20.0. The van der Waals surface area contributed by atoms with Crippen molar-refractivity contribution >= 4 is 33.3 Å². The van der Waals surface area contributed by atoms with Crippen molar-refractivity contribution in [1.82, 2.24) is 0 Å². The smallest absolute Gasteiger partial charge is 0.316 e. The van der Waals surface area contributed by atoms with Crippen LogP contribution in [-0.4, -0.2) is 33.5 Å². The molecule has 0 saturated heterocycles. The fourth-order valence-electron chi connectivity index (χ4n) is 3.77. The Morgan fingerprint density at radius 1 is 0.889 bits per heavy atom. The van der Waals surface area contributed by atoms with Crippen LogP contribution < -0.4 is 14.8 Å². The minimum Gasteiger partial charge on any atom is -0.484 e. The number of aryl methyl sites for hydroxylation is 1. The first-order valence-corrected chi connectivity index (χ1v) is 13.1. The quantitative estimate of drug-likeness (QED) is 0.393. The Hall–Kier alpha value is -3.85. The molecule has 1 aliphatic carbocycles. The summed E-state index contributed by atoms with van der Waals surface area (Å²) in [6.07, 6.45) is 1.51. The first-order valence-electron chi connectivity index (χ1n) is 11.6. The van der Waals surface area contributed by atoms with E-state index in [1.165, 1.54) is 24.3 Å². The normalized spacial score (nSPS) is 13.9. The van der Waals surface area contributed by atoms with Gasteiger partial charge in [0.25, 0.3) is 15.9 Å². The third-order valence-corrected chi connectivity index (χ3v) is 7.34. The summed E-state index contributed by atoms with van der Waals surface area (Å²) >= 11 is 0. The van der Waals surface area contributed by atoms with Gasteiger partial charge in [-0.15, -0.1) is 0 Å². The molecule has 2 N–H and O–H groups in total. The van der Waals surface area contributed by atoms with Gasteiger partial charge in [-0.2, -0.15) is 0 Å². The second-order valence-corrected chi connectivity index (χ2v) is 10.3. The van der Waals surface area contributed by atoms with Crippen LogP contribution in [0.4, 0.5) is 11.4 Å². The molecule has 1 fully saturated rings. The van der Waals surface area contributed by atoms with E-state index in [2.05, 4.69) is 10.0 Å². The average Bonchev–Trinajstić information content (AvgIpc) is 3.67. The number of ether oxygens (including phenoxy) is 2. The minimum atomic E-state index is -3.75. The van der Waals surface area contributed by atoms with Crippen LogP contribution in [0.2, 0.25) is 0 Å². The van der Waals surface area contributed by atoms with Crippen molar-refractivity contribution in [3.63, 3.8) is 0 Å². The van der Waals surface area contributed by atoms with E-state index in [0.717, 1.165) is 24.0 Å². The van der Waals surface area contributed by atoms with Gasteiger partial charge >= 0.3 is 5.97 Å². The lowest BCUT2D eigenvalue weighted by atomic mass is 9.96. The van der Waals surface area contributed by atoms with Crippen LogP contribution in [-0.2, 0) is 29.8 Å². The molecule has 188 valence electrons. The van der Waals surface area contributed by atoms with Crippen LogP contribution >= 0.6 is 0 Å². The van der Waals surface area contributed by atoms with Gasteiger partial charge in [0, 0.05) is 11.4 Å². The van der Waals surface area contributed by atoms with Crippen LogP contribution in [0.3, 0.4) is 0 Å². The van der Waals surface area contributed by atoms with Gasteiger partial charge in [-0.1, -0.05) is 29.8 Å². The highest BCUT2D eigenvalue weighted by molar-refractivity contribution is 7.92. The third kappa shape index (κ3) is 5.85. The standard InChI is InChI=1S/C27H28N2O6S/c1-3-34-26(31)27(16-17-27)20-6-10-21(11-7-20)28-25(30)18-35-23-12-14-24(15-13-23)36(32,33)29-22-8-4-19(2)5-9-22/h4-15,29H,3,16-18H2,1-2H3,(H,28,30). The number of hydrogen-bond donors (Lipinski definition) is 2. The first-order chi connectivity index (χ1) is 17.2. The van der Waals surface area contributed by atoms with Crippen molar-refractivity contribution < 1.29 is 27.5 Å². The van der Waals surface area contributed by atoms with E-state index >= 15 is 0 Å². The van der Waals surface area contributed by atoms with Gasteiger partial charge < -0.3 is 14.8 Å². The molecular weight excluding hydrogens is 480 g/mol. The van der Waals surface area contributed by atoms with Crippen molar-refractivity contribution in [2.24, 2.45) is 0 Å². The van der Waals surface area contributed by atoms with Crippen molar-refractivity contribution in [2.75, 3.05) is 23.3 Å². The molecule has 0 bridgehead atoms. The Morgan fingerprint density at radius 3 is 2.08 bits per heavy atom. The SMILES string of the molecule is CCOC(=O)C1(c2ccc(NC(=O)COc3ccc(S(=O)(=O)Nc4ccc(C)cc4)cc3)cc2)CC1. The molecule has 0 unspecified atom stereocenters. The number of anilines is 2. The lowest BCUT2D eigenvalue weighted by Crippen LogP contribution is -2.23. The molecule has 1 aliphatic rings. The number of carbonyl (C=O) groups excluding carboxylic acids is 2. The zero-order valence-electron chi connectivity index (χ0n) is 20.1. The molecule has 0 aromatic heterocycles. The maximum absolute atomic E-state index is 12.6. The Balaban J connectivity index is 1.29. The monoisotopic (exact) mass is 508 g/mol. The molecule has 36 heavy (non-hydrogen) atoms. The molecular formula is C27H28N2O6S. The van der Waals surface area contributed by atoms with E-state index in [1.807, 2.05) is 31.2 Å². The topological polar surface area (TPSA) is 111 Å². The number of esters is 1. The second kappa shape index (κ2) is 10.4. The van der Waals surface area contributed by atoms with Crippen LogP contribution in [0.25, 0.3) is 0 Å². The Labute approximate surface area is 210 Å². The number of benzene rings is 3. The Kier molecular flexibility index (Phi) is 7.30. The van der Waals surface area contributed by atoms with E-state index in [1.54, 1.807) is 31.2 Å².